The summed E-state index contributed by atoms with van der Waals surface area (Å²) in [6.45, 7) is 1.14. The maximum atomic E-state index is 12.9. The molecule has 0 atom stereocenters. The third kappa shape index (κ3) is 6.25. The highest BCUT2D eigenvalue weighted by Gasteiger charge is 2.25. The van der Waals surface area contributed by atoms with Crippen molar-refractivity contribution in [2.45, 2.75) is 41.2 Å². The van der Waals surface area contributed by atoms with Crippen LogP contribution in [0.4, 0.5) is 5.69 Å². The van der Waals surface area contributed by atoms with Gasteiger partial charge in [-0.1, -0.05) is 43.2 Å². The number of nitrogens with zero attached hydrogens (tertiary/aromatic N) is 1. The molecule has 172 valence electrons. The molecule has 1 amide bonds. The predicted molar refractivity (Wildman–Crippen MR) is 134 cm³/mol. The molecule has 4 rings (SSSR count). The van der Waals surface area contributed by atoms with Crippen LogP contribution in [0.15, 0.2) is 88.7 Å². The first-order chi connectivity index (χ1) is 16.0. The second-order valence-electron chi connectivity index (χ2n) is 8.10. The van der Waals surface area contributed by atoms with Crippen molar-refractivity contribution in [3.05, 3.63) is 90.0 Å². The van der Waals surface area contributed by atoms with Gasteiger partial charge in [-0.15, -0.1) is 11.8 Å². The van der Waals surface area contributed by atoms with Crippen molar-refractivity contribution >= 4 is 33.4 Å². The number of benzene rings is 3. The number of carbonyl (C=O) groups excluding carboxylic acids is 1. The Morgan fingerprint density at radius 3 is 2.09 bits per heavy atom. The van der Waals surface area contributed by atoms with E-state index in [4.69, 9.17) is 0 Å². The standard InChI is InChI=1S/C26H28N2O3S2/c29-26(22-12-10-21(11-13-22)20-32-24-8-4-3-5-9-24)27-23-14-16-25(17-15-23)33(30,31)28-18-6-1-2-7-19-28/h3-5,8-17H,1-2,6-7,18-20H2,(H,27,29). The molecule has 5 nitrogen and oxygen atoms in total. The van der Waals surface area contributed by atoms with Gasteiger partial charge in [-0.05, 0) is 66.9 Å². The first kappa shape index (κ1) is 23.5. The van der Waals surface area contributed by atoms with Crippen LogP contribution in [0.3, 0.4) is 0 Å². The van der Waals surface area contributed by atoms with E-state index in [2.05, 4.69) is 17.4 Å². The molecule has 1 fully saturated rings. The molecule has 1 aliphatic rings. The van der Waals surface area contributed by atoms with E-state index < -0.39 is 10.0 Å². The number of hydrogen-bond donors (Lipinski definition) is 1. The average molecular weight is 481 g/mol. The average Bonchev–Trinajstić information content (AvgIpc) is 3.14. The van der Waals surface area contributed by atoms with Gasteiger partial charge in [0.2, 0.25) is 10.0 Å². The van der Waals surface area contributed by atoms with Gasteiger partial charge in [0.05, 0.1) is 4.90 Å². The summed E-state index contributed by atoms with van der Waals surface area (Å²) in [4.78, 5) is 14.1. The van der Waals surface area contributed by atoms with E-state index in [9.17, 15) is 13.2 Å². The number of thioether (sulfide) groups is 1. The van der Waals surface area contributed by atoms with Crippen LogP contribution in [0.5, 0.6) is 0 Å². The first-order valence-electron chi connectivity index (χ1n) is 11.2. The Morgan fingerprint density at radius 2 is 1.45 bits per heavy atom. The fraction of sp³-hybridized carbons (Fsp3) is 0.269. The fourth-order valence-corrected chi connectivity index (χ4v) is 6.17. The molecular formula is C26H28N2O3S2. The Morgan fingerprint density at radius 1 is 0.818 bits per heavy atom. The van der Waals surface area contributed by atoms with Crippen LogP contribution in [-0.4, -0.2) is 31.7 Å². The minimum absolute atomic E-state index is 0.222. The predicted octanol–water partition coefficient (Wildman–Crippen LogP) is 5.80. The fourth-order valence-electron chi connectivity index (χ4n) is 3.78. The van der Waals surface area contributed by atoms with Gasteiger partial charge in [0, 0.05) is 35.0 Å². The van der Waals surface area contributed by atoms with E-state index in [0.29, 0.717) is 24.3 Å². The second-order valence-corrected chi connectivity index (χ2v) is 11.1. The van der Waals surface area contributed by atoms with Crippen LogP contribution in [0.2, 0.25) is 0 Å². The van der Waals surface area contributed by atoms with Crippen LogP contribution in [0.1, 0.15) is 41.6 Å². The molecule has 0 spiro atoms. The number of hydrogen-bond acceptors (Lipinski definition) is 4. The molecule has 0 radical (unpaired) electrons. The molecule has 33 heavy (non-hydrogen) atoms. The summed E-state index contributed by atoms with van der Waals surface area (Å²) in [5.74, 6) is 0.610. The molecule has 3 aromatic rings. The molecule has 1 N–H and O–H groups in total. The monoisotopic (exact) mass is 480 g/mol. The van der Waals surface area contributed by atoms with Crippen molar-refractivity contribution in [2.75, 3.05) is 18.4 Å². The second kappa shape index (κ2) is 11.0. The zero-order valence-electron chi connectivity index (χ0n) is 18.4. The number of amides is 1. The topological polar surface area (TPSA) is 66.5 Å². The lowest BCUT2D eigenvalue weighted by Gasteiger charge is -2.20. The molecule has 1 aliphatic heterocycles. The largest absolute Gasteiger partial charge is 0.322 e. The van der Waals surface area contributed by atoms with Gasteiger partial charge < -0.3 is 5.32 Å². The lowest BCUT2D eigenvalue weighted by molar-refractivity contribution is 0.102. The Labute approximate surface area is 200 Å². The van der Waals surface area contributed by atoms with E-state index in [-0.39, 0.29) is 10.8 Å². The van der Waals surface area contributed by atoms with E-state index in [1.165, 1.54) is 4.90 Å². The third-order valence-corrected chi connectivity index (χ3v) is 8.68. The highest BCUT2D eigenvalue weighted by molar-refractivity contribution is 7.98. The van der Waals surface area contributed by atoms with E-state index in [1.807, 2.05) is 42.5 Å². The van der Waals surface area contributed by atoms with Gasteiger partial charge in [-0.25, -0.2) is 8.42 Å². The van der Waals surface area contributed by atoms with Gasteiger partial charge in [0.25, 0.3) is 5.91 Å². The minimum atomic E-state index is -3.49. The Hall–Kier alpha value is -2.61. The van der Waals surface area contributed by atoms with Crippen molar-refractivity contribution in [2.24, 2.45) is 0 Å². The molecule has 0 bridgehead atoms. The Kier molecular flexibility index (Phi) is 7.85. The van der Waals surface area contributed by atoms with Crippen molar-refractivity contribution in [3.8, 4) is 0 Å². The summed E-state index contributed by atoms with van der Waals surface area (Å²) in [6.07, 6.45) is 3.95. The van der Waals surface area contributed by atoms with Crippen LogP contribution >= 0.6 is 11.8 Å². The molecular weight excluding hydrogens is 452 g/mol. The number of nitrogens with one attached hydrogen (secondary N) is 1. The zero-order valence-corrected chi connectivity index (χ0v) is 20.1. The number of sulfonamides is 1. The molecule has 7 heteroatoms. The lowest BCUT2D eigenvalue weighted by Crippen LogP contribution is -2.31. The van der Waals surface area contributed by atoms with Crippen LogP contribution in [-0.2, 0) is 15.8 Å². The van der Waals surface area contributed by atoms with Crippen LogP contribution < -0.4 is 5.32 Å². The summed E-state index contributed by atoms with van der Waals surface area (Å²) in [5, 5.41) is 2.85. The summed E-state index contributed by atoms with van der Waals surface area (Å²) >= 11 is 1.75. The van der Waals surface area contributed by atoms with Crippen molar-refractivity contribution < 1.29 is 13.2 Å². The number of anilines is 1. The van der Waals surface area contributed by atoms with E-state index in [0.717, 1.165) is 37.0 Å². The van der Waals surface area contributed by atoms with Crippen LogP contribution in [0, 0.1) is 0 Å². The number of rotatable bonds is 7. The highest BCUT2D eigenvalue weighted by atomic mass is 32.2. The SMILES string of the molecule is O=C(Nc1ccc(S(=O)(=O)N2CCCCCC2)cc1)c1ccc(CSc2ccccc2)cc1. The molecule has 1 saturated heterocycles. The molecule has 0 unspecified atom stereocenters. The van der Waals surface area contributed by atoms with Crippen molar-refractivity contribution in [1.82, 2.24) is 4.31 Å². The normalized spacial score (nSPS) is 15.0. The summed E-state index contributed by atoms with van der Waals surface area (Å²) < 4.78 is 27.4. The third-order valence-electron chi connectivity index (χ3n) is 5.68. The van der Waals surface area contributed by atoms with Gasteiger partial charge in [0.15, 0.2) is 0 Å². The quantitative estimate of drug-likeness (QED) is 0.434. The maximum absolute atomic E-state index is 12.9. The lowest BCUT2D eigenvalue weighted by atomic mass is 10.1. The summed E-state index contributed by atoms with van der Waals surface area (Å²) in [6, 6.07) is 24.2. The van der Waals surface area contributed by atoms with Crippen LogP contribution in [0.25, 0.3) is 0 Å². The smallest absolute Gasteiger partial charge is 0.255 e. The molecule has 1 heterocycles. The Balaban J connectivity index is 1.35. The van der Waals surface area contributed by atoms with Gasteiger partial charge in [-0.3, -0.25) is 4.79 Å². The summed E-state index contributed by atoms with van der Waals surface area (Å²) in [5.41, 5.74) is 2.27. The Bertz CT molecular complexity index is 1150. The van der Waals surface area contributed by atoms with Gasteiger partial charge >= 0.3 is 0 Å². The van der Waals surface area contributed by atoms with Crippen molar-refractivity contribution in [1.29, 1.82) is 0 Å². The highest BCUT2D eigenvalue weighted by Crippen LogP contribution is 2.24. The molecule has 3 aromatic carbocycles. The van der Waals surface area contributed by atoms with Gasteiger partial charge in [-0.2, -0.15) is 4.31 Å². The molecule has 0 saturated carbocycles. The maximum Gasteiger partial charge on any atom is 0.255 e. The first-order valence-corrected chi connectivity index (χ1v) is 13.6. The van der Waals surface area contributed by atoms with Crippen molar-refractivity contribution in [3.63, 3.8) is 0 Å². The molecule has 0 aliphatic carbocycles. The minimum Gasteiger partial charge on any atom is -0.322 e. The van der Waals surface area contributed by atoms with Gasteiger partial charge in [0.1, 0.15) is 0 Å². The zero-order chi connectivity index (χ0) is 23.1. The summed E-state index contributed by atoms with van der Waals surface area (Å²) in [7, 11) is -3.49. The molecule has 0 aromatic heterocycles. The number of carbonyl (C=O) groups is 1. The van der Waals surface area contributed by atoms with E-state index in [1.54, 1.807) is 40.3 Å². The van der Waals surface area contributed by atoms with E-state index >= 15 is 0 Å².